The maximum Gasteiger partial charge on any atom is 0.490 e. The predicted molar refractivity (Wildman–Crippen MR) is 100 cm³/mol. The van der Waals surface area contributed by atoms with Crippen molar-refractivity contribution in [3.05, 3.63) is 30.1 Å². The number of rotatable bonds is 9. The highest BCUT2D eigenvalue weighted by Gasteiger charge is 2.49. The van der Waals surface area contributed by atoms with E-state index in [2.05, 4.69) is 13.1 Å². The Morgan fingerprint density at radius 2 is 1.72 bits per heavy atom. The zero-order valence-corrected chi connectivity index (χ0v) is 18.6. The second-order valence-corrected chi connectivity index (χ2v) is 10.8. The summed E-state index contributed by atoms with van der Waals surface area (Å²) in [5.41, 5.74) is 0.0944. The number of phosphoric ester groups is 1. The monoisotopic (exact) mass is 525 g/mol. The van der Waals surface area contributed by atoms with Gasteiger partial charge < -0.3 is 39.4 Å². The van der Waals surface area contributed by atoms with Crippen molar-refractivity contribution in [1.82, 2.24) is 0 Å². The van der Waals surface area contributed by atoms with Crippen molar-refractivity contribution in [2.45, 2.75) is 24.4 Å². The van der Waals surface area contributed by atoms with Crippen LogP contribution < -0.4 is 4.90 Å². The molecule has 0 saturated carbocycles. The number of phosphoric acid groups is 3. The topological polar surface area (TPSA) is 230 Å². The number of ether oxygens (including phenoxy) is 1. The summed E-state index contributed by atoms with van der Waals surface area (Å²) in [4.78, 5) is 48.9. The number of likely N-dealkylation sites (N-methyl/N-ethyl adjacent to an activating group) is 1. The van der Waals surface area contributed by atoms with Crippen molar-refractivity contribution < 1.29 is 70.5 Å². The highest BCUT2D eigenvalue weighted by Crippen LogP contribution is 2.66. The molecular formula is C13H19FNO14P3. The minimum Gasteiger partial charge on any atom is -0.387 e. The molecule has 182 valence electrons. The van der Waals surface area contributed by atoms with Gasteiger partial charge in [-0.2, -0.15) is 8.62 Å². The summed E-state index contributed by atoms with van der Waals surface area (Å²) in [6.45, 7) is -1.07. The third-order valence-electron chi connectivity index (χ3n) is 3.95. The number of carbonyl (C=O) groups excluding carboxylic acids is 1. The summed E-state index contributed by atoms with van der Waals surface area (Å²) in [7, 11) is -15.6. The number of nitrogens with zero attached hydrogens (tertiary/aromatic N) is 1. The maximum absolute atomic E-state index is 13.4. The quantitative estimate of drug-likeness (QED) is 0.226. The van der Waals surface area contributed by atoms with Crippen molar-refractivity contribution in [1.29, 1.82) is 0 Å². The van der Waals surface area contributed by atoms with Crippen LogP contribution in [0.15, 0.2) is 24.3 Å². The van der Waals surface area contributed by atoms with Crippen molar-refractivity contribution in [3.63, 3.8) is 0 Å². The van der Waals surface area contributed by atoms with Crippen molar-refractivity contribution in [2.75, 3.05) is 18.6 Å². The second kappa shape index (κ2) is 10.0. The van der Waals surface area contributed by atoms with E-state index in [-0.39, 0.29) is 5.69 Å². The molecule has 6 atom stereocenters. The Kier molecular flexibility index (Phi) is 8.52. The SMILES string of the molecule is CN(C(=O)C1O[C@H](COP(=O)(O)OP(=O)(O)OP(=O)(O)O)[C@@H](O)[C@H]1O)c1cccc(F)c1. The third-order valence-corrected chi connectivity index (χ3v) is 7.75. The van der Waals surface area contributed by atoms with Crippen LogP contribution in [-0.4, -0.2) is 73.8 Å². The highest BCUT2D eigenvalue weighted by atomic mass is 31.3. The van der Waals surface area contributed by atoms with Crippen LogP contribution in [0.3, 0.4) is 0 Å². The number of aliphatic hydroxyl groups excluding tert-OH is 2. The summed E-state index contributed by atoms with van der Waals surface area (Å²) in [5.74, 6) is -1.56. The van der Waals surface area contributed by atoms with Crippen molar-refractivity contribution >= 4 is 35.1 Å². The largest absolute Gasteiger partial charge is 0.490 e. The summed E-state index contributed by atoms with van der Waals surface area (Å²) in [6.07, 6.45) is -7.00. The molecule has 1 heterocycles. The van der Waals surface area contributed by atoms with Gasteiger partial charge in [0.25, 0.3) is 5.91 Å². The lowest BCUT2D eigenvalue weighted by Gasteiger charge is -2.22. The number of halogens is 1. The molecule has 0 aliphatic carbocycles. The molecule has 15 nitrogen and oxygen atoms in total. The molecule has 0 spiro atoms. The lowest BCUT2D eigenvalue weighted by Crippen LogP contribution is -2.43. The van der Waals surface area contributed by atoms with Crippen LogP contribution in [0, 0.1) is 5.82 Å². The molecule has 1 amide bonds. The van der Waals surface area contributed by atoms with Gasteiger partial charge in [-0.1, -0.05) is 6.07 Å². The third kappa shape index (κ3) is 7.47. The Hall–Kier alpha value is -1.09. The molecular weight excluding hydrogens is 506 g/mol. The highest BCUT2D eigenvalue weighted by molar-refractivity contribution is 7.66. The molecule has 2 rings (SSSR count). The molecule has 0 radical (unpaired) electrons. The van der Waals surface area contributed by atoms with E-state index < -0.39 is 66.2 Å². The molecule has 0 aromatic heterocycles. The first-order valence-electron chi connectivity index (χ1n) is 8.34. The second-order valence-electron chi connectivity index (χ2n) is 6.34. The molecule has 1 aromatic carbocycles. The van der Waals surface area contributed by atoms with Crippen molar-refractivity contribution in [3.8, 4) is 0 Å². The number of aliphatic hydroxyl groups is 2. The Bertz CT molecular complexity index is 986. The van der Waals surface area contributed by atoms with Crippen molar-refractivity contribution in [2.24, 2.45) is 0 Å². The smallest absolute Gasteiger partial charge is 0.387 e. The average molecular weight is 525 g/mol. The van der Waals surface area contributed by atoms with E-state index >= 15 is 0 Å². The van der Waals surface area contributed by atoms with Crippen LogP contribution in [0.25, 0.3) is 0 Å². The van der Waals surface area contributed by atoms with E-state index in [1.807, 2.05) is 0 Å². The Morgan fingerprint density at radius 3 is 2.28 bits per heavy atom. The van der Waals surface area contributed by atoms with Crippen LogP contribution >= 0.6 is 23.5 Å². The van der Waals surface area contributed by atoms with E-state index in [1.165, 1.54) is 19.2 Å². The van der Waals surface area contributed by atoms with Gasteiger partial charge in [-0.3, -0.25) is 9.32 Å². The predicted octanol–water partition coefficient (Wildman–Crippen LogP) is -0.379. The minimum atomic E-state index is -5.75. The molecule has 1 saturated heterocycles. The summed E-state index contributed by atoms with van der Waals surface area (Å²) in [6, 6.07) is 4.85. The number of anilines is 1. The Balaban J connectivity index is 2.02. The molecule has 1 fully saturated rings. The van der Waals surface area contributed by atoms with Gasteiger partial charge in [0.1, 0.15) is 24.1 Å². The van der Waals surface area contributed by atoms with Gasteiger partial charge in [-0.25, -0.2) is 18.1 Å². The number of carbonyl (C=O) groups is 1. The minimum absolute atomic E-state index is 0.0944. The van der Waals surface area contributed by atoms with Gasteiger partial charge in [0, 0.05) is 12.7 Å². The van der Waals surface area contributed by atoms with Crippen LogP contribution in [0.5, 0.6) is 0 Å². The first-order valence-corrected chi connectivity index (χ1v) is 12.9. The number of amides is 1. The summed E-state index contributed by atoms with van der Waals surface area (Å²) in [5, 5.41) is 20.1. The number of hydrogen-bond donors (Lipinski definition) is 6. The molecule has 6 N–H and O–H groups in total. The Morgan fingerprint density at radius 1 is 1.09 bits per heavy atom. The molecule has 19 heteroatoms. The van der Waals surface area contributed by atoms with E-state index in [0.717, 1.165) is 17.0 Å². The molecule has 1 aliphatic rings. The maximum atomic E-state index is 13.4. The molecule has 32 heavy (non-hydrogen) atoms. The fraction of sp³-hybridized carbons (Fsp3) is 0.462. The first-order chi connectivity index (χ1) is 14.5. The van der Waals surface area contributed by atoms with Gasteiger partial charge in [0.2, 0.25) is 0 Å². The van der Waals surface area contributed by atoms with Gasteiger partial charge in [0.15, 0.2) is 6.10 Å². The lowest BCUT2D eigenvalue weighted by atomic mass is 10.1. The van der Waals surface area contributed by atoms with E-state index in [0.29, 0.717) is 0 Å². The number of hydrogen-bond acceptors (Lipinski definition) is 10. The van der Waals surface area contributed by atoms with Crippen LogP contribution in [0.4, 0.5) is 10.1 Å². The molecule has 0 bridgehead atoms. The normalized spacial score (nSPS) is 27.5. The molecule has 1 aliphatic heterocycles. The summed E-state index contributed by atoms with van der Waals surface area (Å²) >= 11 is 0. The first kappa shape index (κ1) is 27.2. The number of benzene rings is 1. The van der Waals surface area contributed by atoms with Gasteiger partial charge >= 0.3 is 23.5 Å². The average Bonchev–Trinajstić information content (AvgIpc) is 2.90. The van der Waals surface area contributed by atoms with E-state index in [1.54, 1.807) is 0 Å². The van der Waals surface area contributed by atoms with Crippen LogP contribution in [0.2, 0.25) is 0 Å². The van der Waals surface area contributed by atoms with Crippen LogP contribution in [0.1, 0.15) is 0 Å². The Labute approximate surface area is 179 Å². The fourth-order valence-corrected chi connectivity index (χ4v) is 5.59. The van der Waals surface area contributed by atoms with Gasteiger partial charge in [-0.05, 0) is 18.2 Å². The fourth-order valence-electron chi connectivity index (χ4n) is 2.56. The zero-order chi connectivity index (χ0) is 24.5. The molecule has 1 aromatic rings. The van der Waals surface area contributed by atoms with Gasteiger partial charge in [0.05, 0.1) is 6.61 Å². The zero-order valence-electron chi connectivity index (χ0n) is 15.9. The van der Waals surface area contributed by atoms with E-state index in [9.17, 15) is 38.0 Å². The van der Waals surface area contributed by atoms with E-state index in [4.69, 9.17) is 19.4 Å². The summed E-state index contributed by atoms with van der Waals surface area (Å²) < 4.78 is 63.5. The van der Waals surface area contributed by atoms with Crippen LogP contribution in [-0.2, 0) is 36.4 Å². The standard InChI is InChI=1S/C13H19FNO14P3/c1-15(8-4-2-3-7(14)5-8)13(18)12-11(17)10(16)9(27-12)6-26-31(22,23)29-32(24,25)28-30(19,20)21/h2-5,9-12,16-17H,6H2,1H3,(H,22,23)(H,24,25)(H2,19,20,21)/t9-,10-,11-,12?/m1/s1. The lowest BCUT2D eigenvalue weighted by molar-refractivity contribution is -0.133. The molecule has 3 unspecified atom stereocenters. The van der Waals surface area contributed by atoms with Gasteiger partial charge in [-0.15, -0.1) is 0 Å².